The van der Waals surface area contributed by atoms with Crippen LogP contribution in [0.15, 0.2) is 47.0 Å². The topological polar surface area (TPSA) is 46.7 Å². The van der Waals surface area contributed by atoms with Crippen molar-refractivity contribution in [3.05, 3.63) is 54.0 Å². The van der Waals surface area contributed by atoms with Gasteiger partial charge in [-0.25, -0.2) is 4.39 Å². The van der Waals surface area contributed by atoms with E-state index < -0.39 is 0 Å². The second kappa shape index (κ2) is 7.81. The number of benzene rings is 2. The van der Waals surface area contributed by atoms with Gasteiger partial charge in [-0.15, -0.1) is 0 Å². The Balaban J connectivity index is 1.20. The van der Waals surface area contributed by atoms with Gasteiger partial charge in [-0.2, -0.15) is 4.98 Å². The van der Waals surface area contributed by atoms with Crippen molar-refractivity contribution in [1.29, 1.82) is 0 Å². The van der Waals surface area contributed by atoms with Crippen LogP contribution < -0.4 is 9.80 Å². The third-order valence-corrected chi connectivity index (χ3v) is 6.92. The summed E-state index contributed by atoms with van der Waals surface area (Å²) in [6, 6.07) is 12.1. The van der Waals surface area contributed by atoms with E-state index in [0.29, 0.717) is 25.1 Å². The van der Waals surface area contributed by atoms with Gasteiger partial charge in [0, 0.05) is 56.0 Å². The molecule has 32 heavy (non-hydrogen) atoms. The molecule has 0 amide bonds. The summed E-state index contributed by atoms with van der Waals surface area (Å²) < 4.78 is 27.4. The molecule has 2 aliphatic rings. The highest BCUT2D eigenvalue weighted by Crippen LogP contribution is 2.36. The van der Waals surface area contributed by atoms with E-state index in [4.69, 9.17) is 14.1 Å². The number of ether oxygens (including phenoxy) is 1. The van der Waals surface area contributed by atoms with Gasteiger partial charge in [-0.3, -0.25) is 0 Å². The van der Waals surface area contributed by atoms with Crippen molar-refractivity contribution in [2.24, 2.45) is 7.05 Å². The van der Waals surface area contributed by atoms with E-state index in [-0.39, 0.29) is 5.82 Å². The molecule has 0 unspecified atom stereocenters. The molecule has 0 aliphatic carbocycles. The minimum atomic E-state index is -0.167. The van der Waals surface area contributed by atoms with Crippen molar-refractivity contribution < 1.29 is 13.5 Å². The van der Waals surface area contributed by atoms with Gasteiger partial charge in [0.2, 0.25) is 0 Å². The third-order valence-electron chi connectivity index (χ3n) is 6.92. The molecule has 166 valence electrons. The van der Waals surface area contributed by atoms with Crippen LogP contribution in [0, 0.1) is 5.82 Å². The van der Waals surface area contributed by atoms with E-state index >= 15 is 0 Å². The van der Waals surface area contributed by atoms with Crippen molar-refractivity contribution in [1.82, 2.24) is 9.55 Å². The maximum Gasteiger partial charge on any atom is 0.298 e. The quantitative estimate of drug-likeness (QED) is 0.469. The summed E-state index contributed by atoms with van der Waals surface area (Å²) in [5.74, 6) is 0.278. The van der Waals surface area contributed by atoms with E-state index in [9.17, 15) is 4.39 Å². The number of nitrogens with zero attached hydrogens (tertiary/aromatic N) is 4. The van der Waals surface area contributed by atoms with Crippen LogP contribution in [0.3, 0.4) is 0 Å². The highest BCUT2D eigenvalue weighted by molar-refractivity contribution is 5.84. The highest BCUT2D eigenvalue weighted by atomic mass is 19.1. The number of halogens is 1. The number of hydrogen-bond donors (Lipinski definition) is 0. The molecule has 6 nitrogen and oxygen atoms in total. The summed E-state index contributed by atoms with van der Waals surface area (Å²) in [6.07, 6.45) is 4.27. The molecule has 0 bridgehead atoms. The summed E-state index contributed by atoms with van der Waals surface area (Å²) in [4.78, 5) is 9.30. The summed E-state index contributed by atoms with van der Waals surface area (Å²) in [5.41, 5.74) is 5.26. The van der Waals surface area contributed by atoms with E-state index in [1.54, 1.807) is 12.1 Å². The van der Waals surface area contributed by atoms with Crippen LogP contribution in [0.4, 0.5) is 16.1 Å². The molecule has 0 saturated carbocycles. The molecule has 0 spiro atoms. The highest BCUT2D eigenvalue weighted by Gasteiger charge is 2.25. The Morgan fingerprint density at radius 2 is 1.78 bits per heavy atom. The molecular formula is C25H27FN4O2. The lowest BCUT2D eigenvalue weighted by Gasteiger charge is -2.33. The molecule has 2 aromatic carbocycles. The molecule has 2 aliphatic heterocycles. The van der Waals surface area contributed by atoms with E-state index in [1.807, 2.05) is 19.2 Å². The molecule has 6 rings (SSSR count). The van der Waals surface area contributed by atoms with Gasteiger partial charge in [-0.1, -0.05) is 0 Å². The largest absolute Gasteiger partial charge is 0.423 e. The minimum absolute atomic E-state index is 0.167. The SMILES string of the molecule is Cn1cc(C2CCN(c3ccc4oc(N5CCOCC5)nc4c3)CC2)c2cc(F)ccc21. The lowest BCUT2D eigenvalue weighted by Crippen LogP contribution is -2.36. The number of piperidine rings is 1. The van der Waals surface area contributed by atoms with Gasteiger partial charge in [0.1, 0.15) is 11.3 Å². The number of anilines is 2. The lowest BCUT2D eigenvalue weighted by atomic mass is 9.89. The molecule has 2 fully saturated rings. The number of morpholine rings is 1. The maximum atomic E-state index is 13.9. The predicted molar refractivity (Wildman–Crippen MR) is 124 cm³/mol. The first kappa shape index (κ1) is 19.6. The summed E-state index contributed by atoms with van der Waals surface area (Å²) in [5, 5.41) is 1.05. The Kier molecular flexibility index (Phi) is 4.79. The lowest BCUT2D eigenvalue weighted by molar-refractivity contribution is 0.120. The van der Waals surface area contributed by atoms with Crippen LogP contribution in [-0.2, 0) is 11.8 Å². The fraction of sp³-hybridized carbons (Fsp3) is 0.400. The van der Waals surface area contributed by atoms with E-state index in [0.717, 1.165) is 61.0 Å². The zero-order chi connectivity index (χ0) is 21.7. The van der Waals surface area contributed by atoms with Crippen LogP contribution in [-0.4, -0.2) is 48.9 Å². The molecule has 2 saturated heterocycles. The van der Waals surface area contributed by atoms with Crippen LogP contribution in [0.5, 0.6) is 0 Å². The summed E-state index contributed by atoms with van der Waals surface area (Å²) in [6.45, 7) is 4.98. The summed E-state index contributed by atoms with van der Waals surface area (Å²) >= 11 is 0. The number of fused-ring (bicyclic) bond motifs is 2. The Morgan fingerprint density at radius 3 is 2.59 bits per heavy atom. The smallest absolute Gasteiger partial charge is 0.298 e. The number of oxazole rings is 1. The van der Waals surface area contributed by atoms with Crippen molar-refractivity contribution in [2.75, 3.05) is 49.2 Å². The molecule has 0 N–H and O–H groups in total. The molecule has 4 heterocycles. The van der Waals surface area contributed by atoms with Gasteiger partial charge in [0.05, 0.1) is 13.2 Å². The van der Waals surface area contributed by atoms with Crippen molar-refractivity contribution in [3.8, 4) is 0 Å². The average molecular weight is 435 g/mol. The van der Waals surface area contributed by atoms with Gasteiger partial charge in [-0.05, 0) is 60.7 Å². The Labute approximate surface area is 186 Å². The molecule has 0 atom stereocenters. The first-order valence-corrected chi connectivity index (χ1v) is 11.4. The number of hydrogen-bond acceptors (Lipinski definition) is 5. The van der Waals surface area contributed by atoms with Crippen molar-refractivity contribution in [3.63, 3.8) is 0 Å². The third kappa shape index (κ3) is 3.41. The zero-order valence-electron chi connectivity index (χ0n) is 18.3. The molecule has 4 aromatic rings. The van der Waals surface area contributed by atoms with Crippen LogP contribution in [0.1, 0.15) is 24.3 Å². The second-order valence-corrected chi connectivity index (χ2v) is 8.87. The Bertz CT molecular complexity index is 1270. The fourth-order valence-electron chi connectivity index (χ4n) is 5.16. The first-order valence-electron chi connectivity index (χ1n) is 11.4. The van der Waals surface area contributed by atoms with Crippen molar-refractivity contribution >= 4 is 33.7 Å². The zero-order valence-corrected chi connectivity index (χ0v) is 18.3. The number of rotatable bonds is 3. The first-order chi connectivity index (χ1) is 15.7. The Hall–Kier alpha value is -3.06. The van der Waals surface area contributed by atoms with Crippen molar-refractivity contribution in [2.45, 2.75) is 18.8 Å². The molecular weight excluding hydrogens is 407 g/mol. The van der Waals surface area contributed by atoms with E-state index in [1.165, 1.54) is 11.3 Å². The fourth-order valence-corrected chi connectivity index (χ4v) is 5.16. The minimum Gasteiger partial charge on any atom is -0.423 e. The maximum absolute atomic E-state index is 13.9. The summed E-state index contributed by atoms with van der Waals surface area (Å²) in [7, 11) is 2.04. The molecule has 2 aromatic heterocycles. The average Bonchev–Trinajstić information content (AvgIpc) is 3.40. The van der Waals surface area contributed by atoms with Crippen LogP contribution in [0.25, 0.3) is 22.0 Å². The number of aromatic nitrogens is 2. The van der Waals surface area contributed by atoms with E-state index in [2.05, 4.69) is 32.7 Å². The van der Waals surface area contributed by atoms with Gasteiger partial charge >= 0.3 is 0 Å². The van der Waals surface area contributed by atoms with Gasteiger partial charge in [0.15, 0.2) is 5.58 Å². The van der Waals surface area contributed by atoms with Gasteiger partial charge in [0.25, 0.3) is 6.01 Å². The van der Waals surface area contributed by atoms with Gasteiger partial charge < -0.3 is 23.5 Å². The molecule has 0 radical (unpaired) electrons. The van der Waals surface area contributed by atoms with Crippen LogP contribution in [0.2, 0.25) is 0 Å². The van der Waals surface area contributed by atoms with Crippen LogP contribution >= 0.6 is 0 Å². The Morgan fingerprint density at radius 1 is 0.969 bits per heavy atom. The monoisotopic (exact) mass is 434 g/mol. The number of aryl methyl sites for hydroxylation is 1. The normalized spacial score (nSPS) is 18.2. The molecule has 7 heteroatoms. The second-order valence-electron chi connectivity index (χ2n) is 8.87. The standard InChI is InChI=1S/C25H27FN4O2/c1-28-16-21(20-14-18(26)2-4-23(20)28)17-6-8-29(9-7-17)19-3-5-24-22(15-19)27-25(32-24)30-10-12-31-13-11-30/h2-5,14-17H,6-13H2,1H3. The predicted octanol–water partition coefficient (Wildman–Crippen LogP) is 4.68.